The molecule has 1 aromatic rings. The molecule has 17 heavy (non-hydrogen) atoms. The number of unbranched alkanes of at least 4 members (excludes halogenated alkanes) is 1. The number of carbonyl (C=O) groups is 1. The first-order chi connectivity index (χ1) is 8.36. The van der Waals surface area contributed by atoms with Gasteiger partial charge in [0.2, 0.25) is 0 Å². The van der Waals surface area contributed by atoms with E-state index < -0.39 is 0 Å². The molecule has 0 amide bonds. The lowest BCUT2D eigenvalue weighted by atomic mass is 10.0. The van der Waals surface area contributed by atoms with Crippen molar-refractivity contribution < 1.29 is 9.21 Å². The Bertz CT molecular complexity index is 505. The minimum absolute atomic E-state index is 0.0820. The number of allylic oxidation sites excluding steroid dienone is 4. The minimum atomic E-state index is 0.0820. The number of ketones is 1. The first-order valence-electron chi connectivity index (χ1n) is 5.80. The third kappa shape index (κ3) is 3.49. The van der Waals surface area contributed by atoms with Gasteiger partial charge in [-0.05, 0) is 37.5 Å². The van der Waals surface area contributed by atoms with Crippen molar-refractivity contribution in [3.63, 3.8) is 0 Å². The lowest BCUT2D eigenvalue weighted by molar-refractivity contribution is 0.0952. The van der Waals surface area contributed by atoms with Crippen LogP contribution in [0.5, 0.6) is 0 Å². The molecule has 0 bridgehead atoms. The molecular formula is C15H14O2. The Labute approximate surface area is 101 Å². The van der Waals surface area contributed by atoms with Crippen molar-refractivity contribution in [3.8, 4) is 0 Å². The third-order valence-corrected chi connectivity index (χ3v) is 2.61. The Morgan fingerprint density at radius 3 is 3.00 bits per heavy atom. The van der Waals surface area contributed by atoms with E-state index in [-0.39, 0.29) is 5.78 Å². The molecule has 0 unspecified atom stereocenters. The molecule has 0 N–H and O–H groups in total. The minimum Gasteiger partial charge on any atom is -0.461 e. The number of rotatable bonds is 6. The van der Waals surface area contributed by atoms with Gasteiger partial charge in [-0.3, -0.25) is 4.79 Å². The zero-order valence-corrected chi connectivity index (χ0v) is 9.61. The van der Waals surface area contributed by atoms with Crippen molar-refractivity contribution >= 4 is 5.78 Å². The summed E-state index contributed by atoms with van der Waals surface area (Å²) in [7, 11) is 0. The highest BCUT2D eigenvalue weighted by Crippen LogP contribution is 2.13. The van der Waals surface area contributed by atoms with Gasteiger partial charge in [-0.25, -0.2) is 0 Å². The van der Waals surface area contributed by atoms with Gasteiger partial charge in [0.15, 0.2) is 11.5 Å². The van der Waals surface area contributed by atoms with Gasteiger partial charge < -0.3 is 4.42 Å². The summed E-state index contributed by atoms with van der Waals surface area (Å²) in [5, 5.41) is 0. The Hall–Kier alpha value is -2.01. The molecule has 1 aromatic heterocycles. The monoisotopic (exact) mass is 226 g/mol. The molecular weight excluding hydrogens is 212 g/mol. The first kappa shape index (κ1) is 11.5. The van der Waals surface area contributed by atoms with E-state index in [1.54, 1.807) is 12.1 Å². The standard InChI is InChI=1S/C15H14O2/c16-14(15-11-6-12-17-15)10-5-4-9-13-7-2-1-3-8-13/h1-2,6-7,11-12H,4-5,9-10H2. The summed E-state index contributed by atoms with van der Waals surface area (Å²) in [5.41, 5.74) is 7.13. The second-order valence-corrected chi connectivity index (χ2v) is 3.93. The van der Waals surface area contributed by atoms with E-state index in [0.29, 0.717) is 12.2 Å². The van der Waals surface area contributed by atoms with Crippen molar-refractivity contribution in [1.82, 2.24) is 0 Å². The molecule has 1 aliphatic rings. The van der Waals surface area contributed by atoms with Gasteiger partial charge in [0.05, 0.1) is 6.26 Å². The maximum absolute atomic E-state index is 11.6. The molecule has 2 heteroatoms. The topological polar surface area (TPSA) is 30.2 Å². The van der Waals surface area contributed by atoms with Crippen LogP contribution in [0.4, 0.5) is 0 Å². The van der Waals surface area contributed by atoms with Gasteiger partial charge >= 0.3 is 0 Å². The fraction of sp³-hybridized carbons (Fsp3) is 0.267. The highest BCUT2D eigenvalue weighted by atomic mass is 16.3. The van der Waals surface area contributed by atoms with Crippen molar-refractivity contribution in [3.05, 3.63) is 59.4 Å². The fourth-order valence-electron chi connectivity index (χ4n) is 1.70. The van der Waals surface area contributed by atoms with Gasteiger partial charge in [0.1, 0.15) is 0 Å². The highest BCUT2D eigenvalue weighted by molar-refractivity contribution is 5.93. The Kier molecular flexibility index (Phi) is 3.99. The Balaban J connectivity index is 1.70. The molecule has 0 spiro atoms. The average Bonchev–Trinajstić information content (AvgIpc) is 2.89. The van der Waals surface area contributed by atoms with Crippen LogP contribution in [0.15, 0.2) is 58.1 Å². The van der Waals surface area contributed by atoms with Crippen molar-refractivity contribution in [2.75, 3.05) is 0 Å². The summed E-state index contributed by atoms with van der Waals surface area (Å²) in [6.45, 7) is 0. The molecule has 0 fully saturated rings. The molecule has 1 aliphatic carbocycles. The van der Waals surface area contributed by atoms with Crippen LogP contribution in [0, 0.1) is 0 Å². The van der Waals surface area contributed by atoms with E-state index in [4.69, 9.17) is 4.42 Å². The SMILES string of the molecule is O=C(CCCCC1=C=C=CC=C1)c1ccco1. The van der Waals surface area contributed by atoms with Crippen molar-refractivity contribution in [1.29, 1.82) is 0 Å². The summed E-state index contributed by atoms with van der Waals surface area (Å²) >= 11 is 0. The van der Waals surface area contributed by atoms with E-state index in [1.807, 2.05) is 18.2 Å². The molecule has 86 valence electrons. The molecule has 0 aromatic carbocycles. The Morgan fingerprint density at radius 2 is 2.29 bits per heavy atom. The second kappa shape index (κ2) is 5.91. The van der Waals surface area contributed by atoms with Crippen LogP contribution < -0.4 is 0 Å². The number of hydrogen-bond acceptors (Lipinski definition) is 2. The molecule has 0 radical (unpaired) electrons. The van der Waals surface area contributed by atoms with Gasteiger partial charge in [-0.15, -0.1) is 0 Å². The molecule has 0 atom stereocenters. The summed E-state index contributed by atoms with van der Waals surface area (Å²) in [6, 6.07) is 3.45. The average molecular weight is 226 g/mol. The van der Waals surface area contributed by atoms with Gasteiger partial charge in [-0.2, -0.15) is 0 Å². The third-order valence-electron chi connectivity index (χ3n) is 2.61. The van der Waals surface area contributed by atoms with Crippen LogP contribution in [-0.4, -0.2) is 5.78 Å². The molecule has 0 saturated heterocycles. The zero-order valence-electron chi connectivity index (χ0n) is 9.61. The maximum Gasteiger partial charge on any atom is 0.197 e. The quantitative estimate of drug-likeness (QED) is 0.419. The predicted molar refractivity (Wildman–Crippen MR) is 65.8 cm³/mol. The lowest BCUT2D eigenvalue weighted by Gasteiger charge is -2.00. The maximum atomic E-state index is 11.6. The van der Waals surface area contributed by atoms with Crippen LogP contribution in [0.1, 0.15) is 36.2 Å². The molecule has 2 rings (SSSR count). The molecule has 1 heterocycles. The first-order valence-corrected chi connectivity index (χ1v) is 5.80. The van der Waals surface area contributed by atoms with Crippen molar-refractivity contribution in [2.24, 2.45) is 0 Å². The molecule has 2 nitrogen and oxygen atoms in total. The molecule has 0 saturated carbocycles. The van der Waals surface area contributed by atoms with Crippen LogP contribution >= 0.6 is 0 Å². The number of carbonyl (C=O) groups excluding carboxylic acids is 1. The van der Waals surface area contributed by atoms with E-state index in [1.165, 1.54) is 6.26 Å². The normalized spacial score (nSPS) is 12.8. The van der Waals surface area contributed by atoms with Crippen LogP contribution in [-0.2, 0) is 0 Å². The van der Waals surface area contributed by atoms with E-state index in [0.717, 1.165) is 24.8 Å². The summed E-state index contributed by atoms with van der Waals surface area (Å²) in [6.07, 6.45) is 10.7. The summed E-state index contributed by atoms with van der Waals surface area (Å²) < 4.78 is 5.05. The number of Topliss-reactive ketones (excluding diaryl/α,β-unsaturated/α-hetero) is 1. The number of hydrogen-bond donors (Lipinski definition) is 0. The largest absolute Gasteiger partial charge is 0.461 e. The molecule has 0 aliphatic heterocycles. The summed E-state index contributed by atoms with van der Waals surface area (Å²) in [4.78, 5) is 11.6. The second-order valence-electron chi connectivity index (χ2n) is 3.93. The van der Waals surface area contributed by atoms with E-state index >= 15 is 0 Å². The van der Waals surface area contributed by atoms with Gasteiger partial charge in [0, 0.05) is 12.0 Å². The van der Waals surface area contributed by atoms with Gasteiger partial charge in [0.25, 0.3) is 0 Å². The zero-order chi connectivity index (χ0) is 11.9. The smallest absolute Gasteiger partial charge is 0.197 e. The fourth-order valence-corrected chi connectivity index (χ4v) is 1.70. The van der Waals surface area contributed by atoms with E-state index in [2.05, 4.69) is 11.5 Å². The van der Waals surface area contributed by atoms with Crippen LogP contribution in [0.2, 0.25) is 0 Å². The number of furan rings is 1. The van der Waals surface area contributed by atoms with Crippen LogP contribution in [0.25, 0.3) is 0 Å². The Morgan fingerprint density at radius 1 is 1.35 bits per heavy atom. The van der Waals surface area contributed by atoms with Gasteiger partial charge in [-0.1, -0.05) is 23.6 Å². The summed E-state index contributed by atoms with van der Waals surface area (Å²) in [5.74, 6) is 0.545. The predicted octanol–water partition coefficient (Wildman–Crippen LogP) is 3.83. The lowest BCUT2D eigenvalue weighted by Crippen LogP contribution is -1.96. The van der Waals surface area contributed by atoms with Crippen LogP contribution in [0.3, 0.4) is 0 Å². The van der Waals surface area contributed by atoms with E-state index in [9.17, 15) is 4.79 Å². The highest BCUT2D eigenvalue weighted by Gasteiger charge is 2.07. The van der Waals surface area contributed by atoms with Crippen molar-refractivity contribution in [2.45, 2.75) is 25.7 Å².